The van der Waals surface area contributed by atoms with Crippen molar-refractivity contribution in [3.05, 3.63) is 34.6 Å². The molecule has 1 aromatic rings. The van der Waals surface area contributed by atoms with Crippen molar-refractivity contribution in [1.82, 2.24) is 4.90 Å². The molecule has 0 aliphatic heterocycles. The van der Waals surface area contributed by atoms with E-state index in [0.29, 0.717) is 12.1 Å². The molecule has 0 atom stereocenters. The number of nitrogens with zero attached hydrogens (tertiary/aromatic N) is 1. The third-order valence-electron chi connectivity index (χ3n) is 3.95. The van der Waals surface area contributed by atoms with E-state index in [-0.39, 0.29) is 23.0 Å². The molecule has 110 valence electrons. The molecule has 3 nitrogen and oxygen atoms in total. The number of carbonyl (C=O) groups excluding carboxylic acids is 1. The van der Waals surface area contributed by atoms with E-state index in [9.17, 15) is 9.18 Å². The Morgan fingerprint density at radius 2 is 2.05 bits per heavy atom. The summed E-state index contributed by atoms with van der Waals surface area (Å²) in [7, 11) is 0. The summed E-state index contributed by atoms with van der Waals surface area (Å²) in [5.74, 6) is -0.692. The Bertz CT molecular complexity index is 487. The van der Waals surface area contributed by atoms with Crippen molar-refractivity contribution in [2.24, 2.45) is 5.73 Å². The van der Waals surface area contributed by atoms with Crippen molar-refractivity contribution < 1.29 is 9.18 Å². The molecule has 0 spiro atoms. The molecule has 1 amide bonds. The highest BCUT2D eigenvalue weighted by Gasteiger charge is 2.27. The number of hydrogen-bond donors (Lipinski definition) is 1. The van der Waals surface area contributed by atoms with Gasteiger partial charge in [-0.05, 0) is 50.8 Å². The highest BCUT2D eigenvalue weighted by Crippen LogP contribution is 2.24. The monoisotopic (exact) mass is 298 g/mol. The highest BCUT2D eigenvalue weighted by molar-refractivity contribution is 6.30. The van der Waals surface area contributed by atoms with E-state index in [1.807, 2.05) is 11.8 Å². The fourth-order valence-electron chi connectivity index (χ4n) is 2.78. The van der Waals surface area contributed by atoms with Gasteiger partial charge in [0.1, 0.15) is 5.82 Å². The summed E-state index contributed by atoms with van der Waals surface area (Å²) in [5, 5.41) is 0.0354. The average Bonchev–Trinajstić information content (AvgIpc) is 2.44. The van der Waals surface area contributed by atoms with Crippen LogP contribution in [0.5, 0.6) is 0 Å². The second-order valence-corrected chi connectivity index (χ2v) is 5.70. The fourth-order valence-corrected chi connectivity index (χ4v) is 2.89. The summed E-state index contributed by atoms with van der Waals surface area (Å²) < 4.78 is 13.5. The average molecular weight is 299 g/mol. The number of amides is 1. The second kappa shape index (κ2) is 6.55. The van der Waals surface area contributed by atoms with Crippen LogP contribution < -0.4 is 5.73 Å². The van der Waals surface area contributed by atoms with E-state index < -0.39 is 5.82 Å². The van der Waals surface area contributed by atoms with Gasteiger partial charge in [0.2, 0.25) is 0 Å². The Morgan fingerprint density at radius 3 is 2.60 bits per heavy atom. The van der Waals surface area contributed by atoms with E-state index in [2.05, 4.69) is 0 Å². The molecule has 1 aromatic carbocycles. The SMILES string of the molecule is CCN(C(=O)c1ccc(Cl)c(F)c1)C1CCC(N)CC1. The molecule has 0 bridgehead atoms. The first-order valence-corrected chi connectivity index (χ1v) is 7.42. The predicted molar refractivity (Wildman–Crippen MR) is 78.4 cm³/mol. The van der Waals surface area contributed by atoms with E-state index in [1.165, 1.54) is 12.1 Å². The van der Waals surface area contributed by atoms with Crippen LogP contribution in [-0.2, 0) is 0 Å². The third-order valence-corrected chi connectivity index (χ3v) is 4.26. The van der Waals surface area contributed by atoms with Gasteiger partial charge < -0.3 is 10.6 Å². The van der Waals surface area contributed by atoms with Crippen molar-refractivity contribution in [2.45, 2.75) is 44.7 Å². The Kier molecular flexibility index (Phi) is 5.00. The largest absolute Gasteiger partial charge is 0.336 e. The molecule has 1 aliphatic carbocycles. The van der Waals surface area contributed by atoms with Gasteiger partial charge in [-0.15, -0.1) is 0 Å². The van der Waals surface area contributed by atoms with Crippen LogP contribution in [0.3, 0.4) is 0 Å². The lowest BCUT2D eigenvalue weighted by Crippen LogP contribution is -2.44. The van der Waals surface area contributed by atoms with Crippen LogP contribution in [0.1, 0.15) is 43.0 Å². The fraction of sp³-hybridized carbons (Fsp3) is 0.533. The molecule has 1 saturated carbocycles. The third kappa shape index (κ3) is 3.30. The quantitative estimate of drug-likeness (QED) is 0.931. The van der Waals surface area contributed by atoms with Crippen molar-refractivity contribution in [3.63, 3.8) is 0 Å². The standard InChI is InChI=1S/C15H20ClFN2O/c1-2-19(12-6-4-11(18)5-7-12)15(20)10-3-8-13(16)14(17)9-10/h3,8-9,11-12H,2,4-7,18H2,1H3. The van der Waals surface area contributed by atoms with Gasteiger partial charge in [0.05, 0.1) is 5.02 Å². The Balaban J connectivity index is 2.14. The molecule has 0 heterocycles. The normalized spacial score (nSPS) is 22.6. The molecule has 0 aromatic heterocycles. The number of nitrogens with two attached hydrogens (primary N) is 1. The smallest absolute Gasteiger partial charge is 0.254 e. The minimum Gasteiger partial charge on any atom is -0.336 e. The summed E-state index contributed by atoms with van der Waals surface area (Å²) in [5.41, 5.74) is 6.25. The lowest BCUT2D eigenvalue weighted by atomic mass is 9.90. The summed E-state index contributed by atoms with van der Waals surface area (Å²) >= 11 is 5.65. The lowest BCUT2D eigenvalue weighted by molar-refractivity contribution is 0.0640. The molecular formula is C15H20ClFN2O. The Hall–Kier alpha value is -1.13. The molecule has 5 heteroatoms. The zero-order valence-corrected chi connectivity index (χ0v) is 12.4. The molecule has 2 N–H and O–H groups in total. The minimum atomic E-state index is -0.556. The van der Waals surface area contributed by atoms with Crippen LogP contribution in [0.2, 0.25) is 5.02 Å². The van der Waals surface area contributed by atoms with Gasteiger partial charge >= 0.3 is 0 Å². The van der Waals surface area contributed by atoms with Crippen LogP contribution in [0.15, 0.2) is 18.2 Å². The zero-order valence-electron chi connectivity index (χ0n) is 11.6. The number of hydrogen-bond acceptors (Lipinski definition) is 2. The van der Waals surface area contributed by atoms with Gasteiger partial charge in [-0.1, -0.05) is 11.6 Å². The number of halogens is 2. The number of rotatable bonds is 3. The first-order chi connectivity index (χ1) is 9.52. The van der Waals surface area contributed by atoms with Crippen LogP contribution >= 0.6 is 11.6 Å². The highest BCUT2D eigenvalue weighted by atomic mass is 35.5. The molecule has 20 heavy (non-hydrogen) atoms. The van der Waals surface area contributed by atoms with E-state index in [0.717, 1.165) is 25.7 Å². The van der Waals surface area contributed by atoms with E-state index in [4.69, 9.17) is 17.3 Å². The van der Waals surface area contributed by atoms with Gasteiger partial charge in [0.15, 0.2) is 0 Å². The topological polar surface area (TPSA) is 46.3 Å². The van der Waals surface area contributed by atoms with Crippen molar-refractivity contribution in [2.75, 3.05) is 6.54 Å². The van der Waals surface area contributed by atoms with Crippen LogP contribution in [0.25, 0.3) is 0 Å². The predicted octanol–water partition coefficient (Wildman–Crippen LogP) is 3.21. The number of benzene rings is 1. The zero-order chi connectivity index (χ0) is 14.7. The lowest BCUT2D eigenvalue weighted by Gasteiger charge is -2.35. The molecule has 0 saturated heterocycles. The van der Waals surface area contributed by atoms with Crippen LogP contribution in [0.4, 0.5) is 4.39 Å². The minimum absolute atomic E-state index is 0.0354. The van der Waals surface area contributed by atoms with Crippen molar-refractivity contribution in [3.8, 4) is 0 Å². The molecule has 0 unspecified atom stereocenters. The van der Waals surface area contributed by atoms with Crippen molar-refractivity contribution >= 4 is 17.5 Å². The first-order valence-electron chi connectivity index (χ1n) is 7.04. The summed E-state index contributed by atoms with van der Waals surface area (Å²) in [6.45, 7) is 2.56. The second-order valence-electron chi connectivity index (χ2n) is 5.29. The Morgan fingerprint density at radius 1 is 1.40 bits per heavy atom. The van der Waals surface area contributed by atoms with Gasteiger partial charge in [-0.3, -0.25) is 4.79 Å². The number of carbonyl (C=O) groups is 1. The van der Waals surface area contributed by atoms with Gasteiger partial charge in [-0.25, -0.2) is 4.39 Å². The maximum absolute atomic E-state index is 13.5. The maximum Gasteiger partial charge on any atom is 0.254 e. The maximum atomic E-state index is 13.5. The molecule has 0 radical (unpaired) electrons. The Labute approximate surface area is 123 Å². The van der Waals surface area contributed by atoms with Gasteiger partial charge in [-0.2, -0.15) is 0 Å². The molecule has 1 aliphatic rings. The van der Waals surface area contributed by atoms with E-state index in [1.54, 1.807) is 6.07 Å². The molecule has 1 fully saturated rings. The summed E-state index contributed by atoms with van der Waals surface area (Å²) in [6, 6.07) is 4.65. The first kappa shape index (κ1) is 15.3. The van der Waals surface area contributed by atoms with E-state index >= 15 is 0 Å². The molecular weight excluding hydrogens is 279 g/mol. The molecule has 2 rings (SSSR count). The summed E-state index contributed by atoms with van der Waals surface area (Å²) in [6.07, 6.45) is 3.69. The summed E-state index contributed by atoms with van der Waals surface area (Å²) in [4.78, 5) is 14.3. The van der Waals surface area contributed by atoms with Crippen LogP contribution in [0, 0.1) is 5.82 Å². The van der Waals surface area contributed by atoms with Gasteiger partial charge in [0.25, 0.3) is 5.91 Å². The van der Waals surface area contributed by atoms with Crippen molar-refractivity contribution in [1.29, 1.82) is 0 Å². The van der Waals surface area contributed by atoms with Crippen LogP contribution in [-0.4, -0.2) is 29.4 Å². The van der Waals surface area contributed by atoms with Gasteiger partial charge in [0, 0.05) is 24.2 Å².